The number of carbonyl (C=O) groups excluding carboxylic acids is 1. The summed E-state index contributed by atoms with van der Waals surface area (Å²) in [6.45, 7) is 5.90. The number of ether oxygens (including phenoxy) is 1. The third-order valence-electron chi connectivity index (χ3n) is 4.17. The zero-order valence-corrected chi connectivity index (χ0v) is 16.2. The molecule has 134 valence electrons. The SMILES string of the molecule is COc1ccccc1[C@@H](C)NC(=O)CCc1c(C)nc(SC)nc1C. The molecule has 0 fully saturated rings. The van der Waals surface area contributed by atoms with Gasteiger partial charge in [-0.05, 0) is 45.1 Å². The maximum atomic E-state index is 12.3. The second-order valence-corrected chi connectivity index (χ2v) is 6.66. The fourth-order valence-corrected chi connectivity index (χ4v) is 3.27. The molecule has 0 unspecified atom stereocenters. The summed E-state index contributed by atoms with van der Waals surface area (Å²) in [4.78, 5) is 21.3. The maximum Gasteiger partial charge on any atom is 0.220 e. The summed E-state index contributed by atoms with van der Waals surface area (Å²) in [7, 11) is 1.64. The van der Waals surface area contributed by atoms with Gasteiger partial charge in [-0.1, -0.05) is 30.0 Å². The van der Waals surface area contributed by atoms with Crippen LogP contribution in [0.2, 0.25) is 0 Å². The molecule has 0 aliphatic heterocycles. The van der Waals surface area contributed by atoms with Crippen LogP contribution in [0.1, 0.15) is 41.9 Å². The van der Waals surface area contributed by atoms with Gasteiger partial charge in [0.15, 0.2) is 5.16 Å². The molecule has 1 aromatic carbocycles. The number of para-hydroxylation sites is 1. The highest BCUT2D eigenvalue weighted by Gasteiger charge is 2.15. The van der Waals surface area contributed by atoms with E-state index in [2.05, 4.69) is 15.3 Å². The molecule has 2 rings (SSSR count). The highest BCUT2D eigenvalue weighted by molar-refractivity contribution is 7.98. The van der Waals surface area contributed by atoms with Crippen LogP contribution in [0, 0.1) is 13.8 Å². The van der Waals surface area contributed by atoms with Crippen LogP contribution >= 0.6 is 11.8 Å². The Balaban J connectivity index is 1.99. The van der Waals surface area contributed by atoms with E-state index in [0.29, 0.717) is 12.8 Å². The van der Waals surface area contributed by atoms with Crippen molar-refractivity contribution in [2.45, 2.75) is 44.8 Å². The third-order valence-corrected chi connectivity index (χ3v) is 4.72. The van der Waals surface area contributed by atoms with Gasteiger partial charge in [0.05, 0.1) is 13.2 Å². The summed E-state index contributed by atoms with van der Waals surface area (Å²) in [6, 6.07) is 7.61. The second-order valence-electron chi connectivity index (χ2n) is 5.89. The molecule has 1 N–H and O–H groups in total. The van der Waals surface area contributed by atoms with Gasteiger partial charge in [-0.2, -0.15) is 0 Å². The number of thioether (sulfide) groups is 1. The standard InChI is InChI=1S/C19H25N3O2S/c1-12-15(13(2)22-19(21-12)25-5)10-11-18(23)20-14(3)16-8-6-7-9-17(16)24-4/h6-9,14H,10-11H2,1-5H3,(H,20,23)/t14-/m1/s1. The van der Waals surface area contributed by atoms with Crippen molar-refractivity contribution in [3.63, 3.8) is 0 Å². The van der Waals surface area contributed by atoms with Gasteiger partial charge in [0.25, 0.3) is 0 Å². The van der Waals surface area contributed by atoms with E-state index in [4.69, 9.17) is 4.74 Å². The molecule has 6 heteroatoms. The first-order valence-corrected chi connectivity index (χ1v) is 9.49. The van der Waals surface area contributed by atoms with Gasteiger partial charge in [-0.3, -0.25) is 4.79 Å². The Morgan fingerprint density at radius 3 is 2.48 bits per heavy atom. The summed E-state index contributed by atoms with van der Waals surface area (Å²) >= 11 is 1.53. The number of hydrogen-bond donors (Lipinski definition) is 1. The largest absolute Gasteiger partial charge is 0.496 e. The van der Waals surface area contributed by atoms with Gasteiger partial charge in [-0.25, -0.2) is 9.97 Å². The number of methoxy groups -OCH3 is 1. The molecule has 25 heavy (non-hydrogen) atoms. The summed E-state index contributed by atoms with van der Waals surface area (Å²) in [5.41, 5.74) is 3.92. The fourth-order valence-electron chi connectivity index (χ4n) is 2.82. The van der Waals surface area contributed by atoms with E-state index in [1.807, 2.05) is 51.3 Å². The Hall–Kier alpha value is -2.08. The number of amides is 1. The first-order chi connectivity index (χ1) is 12.0. The average Bonchev–Trinajstić information content (AvgIpc) is 2.60. The molecular weight excluding hydrogens is 334 g/mol. The van der Waals surface area contributed by atoms with Crippen LogP contribution in [0.3, 0.4) is 0 Å². The van der Waals surface area contributed by atoms with Crippen molar-refractivity contribution >= 4 is 17.7 Å². The first-order valence-electron chi connectivity index (χ1n) is 8.26. The van der Waals surface area contributed by atoms with Crippen molar-refractivity contribution in [3.05, 3.63) is 46.8 Å². The van der Waals surface area contributed by atoms with E-state index in [1.54, 1.807) is 7.11 Å². The molecule has 1 amide bonds. The van der Waals surface area contributed by atoms with Crippen LogP contribution in [0.25, 0.3) is 0 Å². The van der Waals surface area contributed by atoms with Crippen molar-refractivity contribution in [2.75, 3.05) is 13.4 Å². The molecule has 1 heterocycles. The van der Waals surface area contributed by atoms with Crippen LogP contribution < -0.4 is 10.1 Å². The molecule has 0 saturated carbocycles. The lowest BCUT2D eigenvalue weighted by Crippen LogP contribution is -2.27. The third kappa shape index (κ3) is 4.95. The van der Waals surface area contributed by atoms with Gasteiger partial charge in [-0.15, -0.1) is 0 Å². The topological polar surface area (TPSA) is 64.1 Å². The van der Waals surface area contributed by atoms with Crippen molar-refractivity contribution in [3.8, 4) is 5.75 Å². The Labute approximate surface area is 153 Å². The predicted octanol–water partition coefficient (Wildman–Crippen LogP) is 3.63. The van der Waals surface area contributed by atoms with E-state index >= 15 is 0 Å². The molecule has 0 radical (unpaired) electrons. The number of nitrogens with one attached hydrogen (secondary N) is 1. The van der Waals surface area contributed by atoms with Crippen LogP contribution in [0.4, 0.5) is 0 Å². The lowest BCUT2D eigenvalue weighted by molar-refractivity contribution is -0.121. The number of rotatable bonds is 7. The zero-order chi connectivity index (χ0) is 18.4. The van der Waals surface area contributed by atoms with E-state index < -0.39 is 0 Å². The molecule has 0 aliphatic carbocycles. The molecule has 1 aromatic heterocycles. The average molecular weight is 359 g/mol. The van der Waals surface area contributed by atoms with E-state index in [9.17, 15) is 4.79 Å². The van der Waals surface area contributed by atoms with Crippen LogP contribution in [-0.2, 0) is 11.2 Å². The fraction of sp³-hybridized carbons (Fsp3) is 0.421. The van der Waals surface area contributed by atoms with Crippen LogP contribution in [-0.4, -0.2) is 29.2 Å². The minimum atomic E-state index is -0.110. The number of hydrogen-bond acceptors (Lipinski definition) is 5. The second kappa shape index (κ2) is 8.85. The van der Waals surface area contributed by atoms with Crippen molar-refractivity contribution in [2.24, 2.45) is 0 Å². The first kappa shape index (κ1) is 19.2. The van der Waals surface area contributed by atoms with E-state index in [0.717, 1.165) is 33.4 Å². The summed E-state index contributed by atoms with van der Waals surface area (Å²) in [5, 5.41) is 3.81. The molecule has 5 nitrogen and oxygen atoms in total. The number of aromatic nitrogens is 2. The quantitative estimate of drug-likeness (QED) is 0.604. The van der Waals surface area contributed by atoms with Gasteiger partial charge in [0.2, 0.25) is 5.91 Å². The molecule has 0 saturated heterocycles. The number of benzene rings is 1. The smallest absolute Gasteiger partial charge is 0.220 e. The minimum Gasteiger partial charge on any atom is -0.496 e. The Morgan fingerprint density at radius 1 is 1.24 bits per heavy atom. The molecular formula is C19H25N3O2S. The van der Waals surface area contributed by atoms with Crippen molar-refractivity contribution in [1.29, 1.82) is 0 Å². The van der Waals surface area contributed by atoms with Gasteiger partial charge in [0.1, 0.15) is 5.75 Å². The van der Waals surface area contributed by atoms with Gasteiger partial charge < -0.3 is 10.1 Å². The van der Waals surface area contributed by atoms with E-state index in [-0.39, 0.29) is 11.9 Å². The van der Waals surface area contributed by atoms with Crippen LogP contribution in [0.5, 0.6) is 5.75 Å². The Kier molecular flexibility index (Phi) is 6.82. The predicted molar refractivity (Wildman–Crippen MR) is 101 cm³/mol. The monoisotopic (exact) mass is 359 g/mol. The Bertz CT molecular complexity index is 726. The lowest BCUT2D eigenvalue weighted by atomic mass is 10.0. The summed E-state index contributed by atoms with van der Waals surface area (Å²) in [5.74, 6) is 0.786. The summed E-state index contributed by atoms with van der Waals surface area (Å²) in [6.07, 6.45) is 3.00. The normalized spacial score (nSPS) is 11.9. The number of nitrogens with zero attached hydrogens (tertiary/aromatic N) is 2. The molecule has 1 atom stereocenters. The maximum absolute atomic E-state index is 12.3. The zero-order valence-electron chi connectivity index (χ0n) is 15.4. The van der Waals surface area contributed by atoms with Gasteiger partial charge in [0, 0.05) is 23.4 Å². The minimum absolute atomic E-state index is 0.00569. The van der Waals surface area contributed by atoms with E-state index in [1.165, 1.54) is 11.8 Å². The van der Waals surface area contributed by atoms with Crippen LogP contribution in [0.15, 0.2) is 29.4 Å². The number of aryl methyl sites for hydroxylation is 2. The molecule has 0 spiro atoms. The lowest BCUT2D eigenvalue weighted by Gasteiger charge is -2.17. The van der Waals surface area contributed by atoms with Gasteiger partial charge >= 0.3 is 0 Å². The molecule has 2 aromatic rings. The molecule has 0 aliphatic rings. The van der Waals surface area contributed by atoms with Crippen molar-refractivity contribution in [1.82, 2.24) is 15.3 Å². The highest BCUT2D eigenvalue weighted by Crippen LogP contribution is 2.24. The number of carbonyl (C=O) groups is 1. The highest BCUT2D eigenvalue weighted by atomic mass is 32.2. The summed E-state index contributed by atoms with van der Waals surface area (Å²) < 4.78 is 5.36. The Morgan fingerprint density at radius 2 is 1.88 bits per heavy atom. The van der Waals surface area contributed by atoms with Crippen molar-refractivity contribution < 1.29 is 9.53 Å². The molecule has 0 bridgehead atoms.